The lowest BCUT2D eigenvalue weighted by Crippen LogP contribution is -2.49. The standard InChI is InChI=1S/C19H18F2N4O/c1-13-18(25-12-15(21)4-7-17(25)22-13)19(26)24-10-8-23(9-11-24)16-5-2-14(20)3-6-16/h2-7,12H,8-11H2,1H3. The SMILES string of the molecule is Cc1nc2ccc(F)cn2c1C(=O)N1CCN(c2ccc(F)cc2)CC1. The quantitative estimate of drug-likeness (QED) is 0.709. The molecule has 7 heteroatoms. The molecule has 1 saturated heterocycles. The minimum absolute atomic E-state index is 0.153. The summed E-state index contributed by atoms with van der Waals surface area (Å²) < 4.78 is 28.2. The van der Waals surface area contributed by atoms with E-state index in [4.69, 9.17) is 0 Å². The van der Waals surface area contributed by atoms with Gasteiger partial charge in [-0.15, -0.1) is 0 Å². The molecule has 1 aromatic carbocycles. The molecule has 0 N–H and O–H groups in total. The maximum absolute atomic E-state index is 13.6. The van der Waals surface area contributed by atoms with Crippen LogP contribution in [-0.2, 0) is 0 Å². The van der Waals surface area contributed by atoms with Crippen molar-refractivity contribution in [2.75, 3.05) is 31.1 Å². The van der Waals surface area contributed by atoms with Gasteiger partial charge in [0.05, 0.1) is 5.69 Å². The molecular weight excluding hydrogens is 338 g/mol. The van der Waals surface area contributed by atoms with E-state index in [0.29, 0.717) is 43.2 Å². The van der Waals surface area contributed by atoms with Crippen molar-refractivity contribution >= 4 is 17.2 Å². The second-order valence-corrected chi connectivity index (χ2v) is 6.38. The molecule has 2 aromatic heterocycles. The van der Waals surface area contributed by atoms with Crippen molar-refractivity contribution in [1.82, 2.24) is 14.3 Å². The van der Waals surface area contributed by atoms with Crippen LogP contribution in [0.25, 0.3) is 5.65 Å². The number of carbonyl (C=O) groups is 1. The molecule has 1 amide bonds. The molecule has 0 saturated carbocycles. The van der Waals surface area contributed by atoms with Gasteiger partial charge in [0.15, 0.2) is 0 Å². The Hall–Kier alpha value is -2.96. The van der Waals surface area contributed by atoms with Gasteiger partial charge in [0.1, 0.15) is 23.0 Å². The van der Waals surface area contributed by atoms with Gasteiger partial charge in [0.25, 0.3) is 5.91 Å². The number of piperazine rings is 1. The van der Waals surface area contributed by atoms with Gasteiger partial charge in [-0.1, -0.05) is 0 Å². The highest BCUT2D eigenvalue weighted by Crippen LogP contribution is 2.20. The van der Waals surface area contributed by atoms with Crippen LogP contribution in [0.5, 0.6) is 0 Å². The van der Waals surface area contributed by atoms with Gasteiger partial charge in [-0.3, -0.25) is 9.20 Å². The number of nitrogens with zero attached hydrogens (tertiary/aromatic N) is 4. The number of amides is 1. The second kappa shape index (κ2) is 6.40. The highest BCUT2D eigenvalue weighted by Gasteiger charge is 2.26. The maximum atomic E-state index is 13.6. The third kappa shape index (κ3) is 2.89. The molecule has 0 unspecified atom stereocenters. The fraction of sp³-hybridized carbons (Fsp3) is 0.263. The van der Waals surface area contributed by atoms with E-state index in [-0.39, 0.29) is 11.7 Å². The zero-order valence-corrected chi connectivity index (χ0v) is 14.3. The number of aryl methyl sites for hydroxylation is 1. The van der Waals surface area contributed by atoms with Crippen LogP contribution >= 0.6 is 0 Å². The number of carbonyl (C=O) groups excluding carboxylic acids is 1. The van der Waals surface area contributed by atoms with Crippen molar-refractivity contribution in [1.29, 1.82) is 0 Å². The zero-order valence-electron chi connectivity index (χ0n) is 14.3. The Morgan fingerprint density at radius 3 is 2.31 bits per heavy atom. The minimum atomic E-state index is -0.412. The van der Waals surface area contributed by atoms with Gasteiger partial charge in [-0.05, 0) is 43.3 Å². The Kier molecular flexibility index (Phi) is 4.06. The van der Waals surface area contributed by atoms with Gasteiger partial charge in [0, 0.05) is 38.1 Å². The number of rotatable bonds is 2. The second-order valence-electron chi connectivity index (χ2n) is 6.38. The number of halogens is 2. The lowest BCUT2D eigenvalue weighted by atomic mass is 10.2. The van der Waals surface area contributed by atoms with E-state index in [9.17, 15) is 13.6 Å². The molecule has 0 aliphatic carbocycles. The number of hydrogen-bond acceptors (Lipinski definition) is 3. The monoisotopic (exact) mass is 356 g/mol. The average Bonchev–Trinajstić information content (AvgIpc) is 2.97. The summed E-state index contributed by atoms with van der Waals surface area (Å²) >= 11 is 0. The number of benzene rings is 1. The number of imidazole rings is 1. The first kappa shape index (κ1) is 16.5. The summed E-state index contributed by atoms with van der Waals surface area (Å²) in [5.41, 5.74) is 2.47. The predicted octanol–water partition coefficient (Wildman–Crippen LogP) is 2.88. The first-order chi connectivity index (χ1) is 12.5. The van der Waals surface area contributed by atoms with Crippen molar-refractivity contribution in [2.24, 2.45) is 0 Å². The third-order valence-corrected chi connectivity index (χ3v) is 4.72. The summed E-state index contributed by atoms with van der Waals surface area (Å²) in [6.07, 6.45) is 1.29. The molecule has 0 radical (unpaired) electrons. The topological polar surface area (TPSA) is 40.9 Å². The molecule has 0 bridgehead atoms. The molecule has 1 aliphatic heterocycles. The fourth-order valence-corrected chi connectivity index (χ4v) is 3.36. The van der Waals surface area contributed by atoms with Crippen molar-refractivity contribution in [2.45, 2.75) is 6.92 Å². The third-order valence-electron chi connectivity index (χ3n) is 4.72. The molecular formula is C19H18F2N4O. The van der Waals surface area contributed by atoms with Gasteiger partial charge in [-0.25, -0.2) is 13.8 Å². The van der Waals surface area contributed by atoms with Gasteiger partial charge < -0.3 is 9.80 Å². The van der Waals surface area contributed by atoms with Gasteiger partial charge >= 0.3 is 0 Å². The van der Waals surface area contributed by atoms with Crippen molar-refractivity contribution in [3.8, 4) is 0 Å². The van der Waals surface area contributed by atoms with Crippen LogP contribution in [-0.4, -0.2) is 46.4 Å². The van der Waals surface area contributed by atoms with Crippen LogP contribution in [0, 0.1) is 18.6 Å². The summed E-state index contributed by atoms with van der Waals surface area (Å²) in [4.78, 5) is 21.2. The van der Waals surface area contributed by atoms with Crippen LogP contribution in [0.15, 0.2) is 42.6 Å². The minimum Gasteiger partial charge on any atom is -0.368 e. The summed E-state index contributed by atoms with van der Waals surface area (Å²) in [7, 11) is 0. The molecule has 134 valence electrons. The van der Waals surface area contributed by atoms with Crippen molar-refractivity contribution < 1.29 is 13.6 Å². The Bertz CT molecular complexity index is 960. The molecule has 4 rings (SSSR count). The van der Waals surface area contributed by atoms with Crippen molar-refractivity contribution in [3.63, 3.8) is 0 Å². The van der Waals surface area contributed by atoms with Crippen molar-refractivity contribution in [3.05, 3.63) is 65.6 Å². The van der Waals surface area contributed by atoms with E-state index in [1.54, 1.807) is 30.0 Å². The summed E-state index contributed by atoms with van der Waals surface area (Å²) in [6.45, 7) is 4.15. The molecule has 1 aliphatic rings. The number of fused-ring (bicyclic) bond motifs is 1. The molecule has 0 spiro atoms. The van der Waals surface area contributed by atoms with E-state index in [2.05, 4.69) is 9.88 Å². The smallest absolute Gasteiger partial charge is 0.272 e. The molecule has 3 aromatic rings. The normalized spacial score (nSPS) is 14.9. The Morgan fingerprint density at radius 1 is 0.962 bits per heavy atom. The lowest BCUT2D eigenvalue weighted by Gasteiger charge is -2.36. The van der Waals surface area contributed by atoms with Crippen LogP contribution in [0.2, 0.25) is 0 Å². The number of anilines is 1. The molecule has 1 fully saturated rings. The Labute approximate surface area is 149 Å². The number of hydrogen-bond donors (Lipinski definition) is 0. The highest BCUT2D eigenvalue weighted by molar-refractivity contribution is 5.94. The van der Waals surface area contributed by atoms with E-state index >= 15 is 0 Å². The number of aromatic nitrogens is 2. The Morgan fingerprint density at radius 2 is 1.62 bits per heavy atom. The van der Waals surface area contributed by atoms with Crippen LogP contribution < -0.4 is 4.90 Å². The summed E-state index contributed by atoms with van der Waals surface area (Å²) in [6, 6.07) is 9.24. The first-order valence-electron chi connectivity index (χ1n) is 8.47. The van der Waals surface area contributed by atoms with E-state index in [1.165, 1.54) is 28.8 Å². The highest BCUT2D eigenvalue weighted by atomic mass is 19.1. The predicted molar refractivity (Wildman–Crippen MR) is 94.4 cm³/mol. The zero-order chi connectivity index (χ0) is 18.3. The largest absolute Gasteiger partial charge is 0.368 e. The maximum Gasteiger partial charge on any atom is 0.272 e. The van der Waals surface area contributed by atoms with Crippen LogP contribution in [0.3, 0.4) is 0 Å². The van der Waals surface area contributed by atoms with E-state index in [0.717, 1.165) is 5.69 Å². The molecule has 3 heterocycles. The van der Waals surface area contributed by atoms with E-state index < -0.39 is 5.82 Å². The fourth-order valence-electron chi connectivity index (χ4n) is 3.36. The van der Waals surface area contributed by atoms with E-state index in [1.807, 2.05) is 0 Å². The number of pyridine rings is 1. The first-order valence-corrected chi connectivity index (χ1v) is 8.47. The van der Waals surface area contributed by atoms with Crippen LogP contribution in [0.4, 0.5) is 14.5 Å². The van der Waals surface area contributed by atoms with Gasteiger partial charge in [-0.2, -0.15) is 0 Å². The average molecular weight is 356 g/mol. The summed E-state index contributed by atoms with van der Waals surface area (Å²) in [5, 5.41) is 0. The molecule has 26 heavy (non-hydrogen) atoms. The van der Waals surface area contributed by atoms with Gasteiger partial charge in [0.2, 0.25) is 0 Å². The van der Waals surface area contributed by atoms with Crippen LogP contribution in [0.1, 0.15) is 16.2 Å². The lowest BCUT2D eigenvalue weighted by molar-refractivity contribution is 0.0739. The summed E-state index contributed by atoms with van der Waals surface area (Å²) in [5.74, 6) is -0.831. The Balaban J connectivity index is 1.53. The molecule has 5 nitrogen and oxygen atoms in total. The molecule has 0 atom stereocenters.